The SMILES string of the molecule is COc1cc(C)c2c(c1)NCC2. The molecule has 1 aromatic carbocycles. The maximum atomic E-state index is 5.18. The summed E-state index contributed by atoms with van der Waals surface area (Å²) in [5.74, 6) is 0.945. The lowest BCUT2D eigenvalue weighted by atomic mass is 10.1. The lowest BCUT2D eigenvalue weighted by molar-refractivity contribution is 0.414. The van der Waals surface area contributed by atoms with Crippen LogP contribution in [0.25, 0.3) is 0 Å². The molecule has 0 fully saturated rings. The van der Waals surface area contributed by atoms with Gasteiger partial charge in [0.15, 0.2) is 0 Å². The second kappa shape index (κ2) is 2.70. The minimum Gasteiger partial charge on any atom is -0.497 e. The fourth-order valence-electron chi connectivity index (χ4n) is 1.71. The highest BCUT2D eigenvalue weighted by atomic mass is 16.5. The standard InChI is InChI=1S/C10H13NO/c1-7-5-8(12-2)6-10-9(7)3-4-11-10/h5-6,11H,3-4H2,1-2H3. The first-order valence-electron chi connectivity index (χ1n) is 4.22. The Morgan fingerprint density at radius 3 is 3.00 bits per heavy atom. The lowest BCUT2D eigenvalue weighted by Gasteiger charge is -2.06. The van der Waals surface area contributed by atoms with Crippen LogP contribution in [0.2, 0.25) is 0 Å². The Morgan fingerprint density at radius 2 is 2.25 bits per heavy atom. The summed E-state index contributed by atoms with van der Waals surface area (Å²) in [5, 5.41) is 3.34. The second-order valence-corrected chi connectivity index (χ2v) is 3.15. The normalized spacial score (nSPS) is 13.8. The topological polar surface area (TPSA) is 21.3 Å². The van der Waals surface area contributed by atoms with Crippen molar-refractivity contribution in [3.63, 3.8) is 0 Å². The fraction of sp³-hybridized carbons (Fsp3) is 0.400. The first-order chi connectivity index (χ1) is 5.81. The van der Waals surface area contributed by atoms with E-state index in [4.69, 9.17) is 4.74 Å². The van der Waals surface area contributed by atoms with Crippen LogP contribution in [0.5, 0.6) is 5.75 Å². The van der Waals surface area contributed by atoms with Gasteiger partial charge in [0.05, 0.1) is 7.11 Å². The van der Waals surface area contributed by atoms with E-state index in [0.717, 1.165) is 18.7 Å². The number of anilines is 1. The summed E-state index contributed by atoms with van der Waals surface area (Å²) in [4.78, 5) is 0. The number of aryl methyl sites for hydroxylation is 1. The van der Waals surface area contributed by atoms with Crippen LogP contribution in [-0.4, -0.2) is 13.7 Å². The van der Waals surface area contributed by atoms with Crippen molar-refractivity contribution in [2.24, 2.45) is 0 Å². The molecule has 1 aliphatic rings. The number of benzene rings is 1. The van der Waals surface area contributed by atoms with Gasteiger partial charge >= 0.3 is 0 Å². The number of hydrogen-bond acceptors (Lipinski definition) is 2. The van der Waals surface area contributed by atoms with Gasteiger partial charge in [-0.3, -0.25) is 0 Å². The molecule has 0 saturated carbocycles. The van der Waals surface area contributed by atoms with Crippen LogP contribution in [0.4, 0.5) is 5.69 Å². The Bertz CT molecular complexity index is 307. The van der Waals surface area contributed by atoms with Crippen molar-refractivity contribution >= 4 is 5.69 Å². The van der Waals surface area contributed by atoms with E-state index >= 15 is 0 Å². The molecule has 2 rings (SSSR count). The number of hydrogen-bond donors (Lipinski definition) is 1. The molecule has 1 heterocycles. The van der Waals surface area contributed by atoms with Crippen molar-refractivity contribution in [2.75, 3.05) is 19.0 Å². The highest BCUT2D eigenvalue weighted by Crippen LogP contribution is 2.30. The van der Waals surface area contributed by atoms with E-state index in [1.807, 2.05) is 0 Å². The summed E-state index contributed by atoms with van der Waals surface area (Å²) < 4.78 is 5.18. The number of methoxy groups -OCH3 is 1. The minimum atomic E-state index is 0.945. The number of ether oxygens (including phenoxy) is 1. The molecule has 0 aromatic heterocycles. The molecule has 0 aliphatic carbocycles. The molecule has 0 atom stereocenters. The van der Waals surface area contributed by atoms with Crippen molar-refractivity contribution in [2.45, 2.75) is 13.3 Å². The molecule has 12 heavy (non-hydrogen) atoms. The van der Waals surface area contributed by atoms with Crippen LogP contribution in [0, 0.1) is 6.92 Å². The zero-order chi connectivity index (χ0) is 8.55. The van der Waals surface area contributed by atoms with E-state index in [1.54, 1.807) is 7.11 Å². The Morgan fingerprint density at radius 1 is 1.42 bits per heavy atom. The number of rotatable bonds is 1. The molecule has 1 aromatic rings. The molecular formula is C10H13NO. The summed E-state index contributed by atoms with van der Waals surface area (Å²) >= 11 is 0. The minimum absolute atomic E-state index is 0.945. The van der Waals surface area contributed by atoms with E-state index in [9.17, 15) is 0 Å². The maximum absolute atomic E-state index is 5.18. The predicted octanol–water partition coefficient (Wildman–Crippen LogP) is 1.97. The largest absolute Gasteiger partial charge is 0.497 e. The van der Waals surface area contributed by atoms with Gasteiger partial charge in [-0.05, 0) is 30.5 Å². The molecule has 64 valence electrons. The summed E-state index contributed by atoms with van der Waals surface area (Å²) in [6.07, 6.45) is 1.14. The van der Waals surface area contributed by atoms with Crippen molar-refractivity contribution in [3.05, 3.63) is 23.3 Å². The van der Waals surface area contributed by atoms with Gasteiger partial charge in [0, 0.05) is 18.3 Å². The average molecular weight is 163 g/mol. The van der Waals surface area contributed by atoms with Crippen LogP contribution in [0.3, 0.4) is 0 Å². The monoisotopic (exact) mass is 163 g/mol. The van der Waals surface area contributed by atoms with Gasteiger partial charge in [-0.1, -0.05) is 0 Å². The average Bonchev–Trinajstić information content (AvgIpc) is 2.52. The van der Waals surface area contributed by atoms with Crippen LogP contribution >= 0.6 is 0 Å². The first-order valence-corrected chi connectivity index (χ1v) is 4.22. The maximum Gasteiger partial charge on any atom is 0.121 e. The quantitative estimate of drug-likeness (QED) is 0.683. The van der Waals surface area contributed by atoms with Crippen LogP contribution < -0.4 is 10.1 Å². The molecule has 0 spiro atoms. The van der Waals surface area contributed by atoms with E-state index in [0.29, 0.717) is 0 Å². The molecule has 0 radical (unpaired) electrons. The molecule has 0 amide bonds. The van der Waals surface area contributed by atoms with Crippen LogP contribution in [0.1, 0.15) is 11.1 Å². The van der Waals surface area contributed by atoms with E-state index in [1.165, 1.54) is 16.8 Å². The molecule has 0 unspecified atom stereocenters. The van der Waals surface area contributed by atoms with E-state index < -0.39 is 0 Å². The molecule has 2 heteroatoms. The Labute approximate surface area is 72.5 Å². The molecular weight excluding hydrogens is 150 g/mol. The second-order valence-electron chi connectivity index (χ2n) is 3.15. The third kappa shape index (κ3) is 1.04. The zero-order valence-corrected chi connectivity index (χ0v) is 7.48. The summed E-state index contributed by atoms with van der Waals surface area (Å²) in [5.41, 5.74) is 4.01. The number of fused-ring (bicyclic) bond motifs is 1. The third-order valence-corrected chi connectivity index (χ3v) is 2.37. The fourth-order valence-corrected chi connectivity index (χ4v) is 1.71. The van der Waals surface area contributed by atoms with Gasteiger partial charge in [0.2, 0.25) is 0 Å². The summed E-state index contributed by atoms with van der Waals surface area (Å²) in [7, 11) is 1.70. The van der Waals surface area contributed by atoms with Gasteiger partial charge in [-0.2, -0.15) is 0 Å². The van der Waals surface area contributed by atoms with E-state index in [2.05, 4.69) is 24.4 Å². The molecule has 1 aliphatic heterocycles. The van der Waals surface area contributed by atoms with E-state index in [-0.39, 0.29) is 0 Å². The predicted molar refractivity (Wildman–Crippen MR) is 49.9 cm³/mol. The van der Waals surface area contributed by atoms with Crippen LogP contribution in [-0.2, 0) is 6.42 Å². The summed E-state index contributed by atoms with van der Waals surface area (Å²) in [6.45, 7) is 3.19. The Hall–Kier alpha value is -1.18. The Kier molecular flexibility index (Phi) is 1.68. The van der Waals surface area contributed by atoms with Gasteiger partial charge in [0.25, 0.3) is 0 Å². The zero-order valence-electron chi connectivity index (χ0n) is 7.48. The van der Waals surface area contributed by atoms with Gasteiger partial charge < -0.3 is 10.1 Å². The van der Waals surface area contributed by atoms with Gasteiger partial charge in [-0.15, -0.1) is 0 Å². The highest BCUT2D eigenvalue weighted by Gasteiger charge is 2.13. The molecule has 0 saturated heterocycles. The molecule has 2 nitrogen and oxygen atoms in total. The first kappa shape index (κ1) is 7.47. The van der Waals surface area contributed by atoms with Crippen molar-refractivity contribution in [1.29, 1.82) is 0 Å². The van der Waals surface area contributed by atoms with Gasteiger partial charge in [0.1, 0.15) is 5.75 Å². The molecule has 1 N–H and O–H groups in total. The van der Waals surface area contributed by atoms with Crippen molar-refractivity contribution in [1.82, 2.24) is 0 Å². The third-order valence-electron chi connectivity index (χ3n) is 2.37. The molecule has 0 bridgehead atoms. The van der Waals surface area contributed by atoms with Gasteiger partial charge in [-0.25, -0.2) is 0 Å². The van der Waals surface area contributed by atoms with Crippen LogP contribution in [0.15, 0.2) is 12.1 Å². The van der Waals surface area contributed by atoms with Crippen molar-refractivity contribution in [3.8, 4) is 5.75 Å². The van der Waals surface area contributed by atoms with Crippen molar-refractivity contribution < 1.29 is 4.74 Å². The summed E-state index contributed by atoms with van der Waals surface area (Å²) in [6, 6.07) is 4.15. The smallest absolute Gasteiger partial charge is 0.121 e. The Balaban J connectivity index is 2.51. The lowest BCUT2D eigenvalue weighted by Crippen LogP contribution is -1.91. The number of nitrogens with one attached hydrogen (secondary N) is 1. The highest BCUT2D eigenvalue weighted by molar-refractivity contribution is 5.61.